The normalized spacial score (nSPS) is 12.6. The number of carbonyl (C=O) groups is 1. The number of rotatable bonds is 6. The molecule has 1 heterocycles. The average molecular weight is 231 g/mol. The summed E-state index contributed by atoms with van der Waals surface area (Å²) in [5.41, 5.74) is 6.67. The summed E-state index contributed by atoms with van der Waals surface area (Å²) in [4.78, 5) is 10.4. The van der Waals surface area contributed by atoms with Crippen molar-refractivity contribution in [1.82, 2.24) is 0 Å². The first-order valence-corrected chi connectivity index (χ1v) is 6.37. The lowest BCUT2D eigenvalue weighted by molar-refractivity contribution is -0.137. The first-order valence-electron chi connectivity index (χ1n) is 4.27. The van der Waals surface area contributed by atoms with Crippen molar-refractivity contribution in [1.29, 1.82) is 0 Å². The number of thiophene rings is 1. The van der Waals surface area contributed by atoms with E-state index in [0.29, 0.717) is 5.75 Å². The Morgan fingerprint density at radius 1 is 1.71 bits per heavy atom. The fraction of sp³-hybridized carbons (Fsp3) is 0.444. The van der Waals surface area contributed by atoms with Gasteiger partial charge in [-0.05, 0) is 34.6 Å². The number of nitrogens with two attached hydrogens (primary N) is 1. The van der Waals surface area contributed by atoms with Crippen molar-refractivity contribution in [2.45, 2.75) is 12.5 Å². The maximum atomic E-state index is 10.4. The van der Waals surface area contributed by atoms with Gasteiger partial charge in [-0.15, -0.1) is 0 Å². The van der Waals surface area contributed by atoms with Crippen LogP contribution in [0.2, 0.25) is 0 Å². The number of carboxylic acids is 1. The molecule has 0 saturated heterocycles. The van der Waals surface area contributed by atoms with Crippen molar-refractivity contribution < 1.29 is 9.90 Å². The van der Waals surface area contributed by atoms with Gasteiger partial charge in [-0.3, -0.25) is 4.79 Å². The predicted octanol–water partition coefficient (Wildman–Crippen LogP) is 1.44. The third kappa shape index (κ3) is 4.13. The van der Waals surface area contributed by atoms with E-state index >= 15 is 0 Å². The highest BCUT2D eigenvalue weighted by atomic mass is 32.2. The molecule has 1 atom stereocenters. The minimum Gasteiger partial charge on any atom is -0.480 e. The molecule has 0 spiro atoms. The SMILES string of the molecule is NC(CSCCc1ccsc1)C(=O)O. The van der Waals surface area contributed by atoms with E-state index < -0.39 is 12.0 Å². The quantitative estimate of drug-likeness (QED) is 0.727. The lowest BCUT2D eigenvalue weighted by Gasteiger charge is -2.04. The van der Waals surface area contributed by atoms with Crippen molar-refractivity contribution in [2.24, 2.45) is 5.73 Å². The van der Waals surface area contributed by atoms with Crippen LogP contribution in [0.1, 0.15) is 5.56 Å². The molecule has 1 aromatic heterocycles. The van der Waals surface area contributed by atoms with Crippen LogP contribution in [-0.2, 0) is 11.2 Å². The zero-order chi connectivity index (χ0) is 10.4. The van der Waals surface area contributed by atoms with Crippen LogP contribution in [0.4, 0.5) is 0 Å². The molecule has 0 aliphatic rings. The summed E-state index contributed by atoms with van der Waals surface area (Å²) in [6.45, 7) is 0. The molecule has 1 rings (SSSR count). The third-order valence-electron chi connectivity index (χ3n) is 1.73. The first kappa shape index (κ1) is 11.6. The fourth-order valence-electron chi connectivity index (χ4n) is 0.907. The summed E-state index contributed by atoms with van der Waals surface area (Å²) in [5.74, 6) is 0.491. The monoisotopic (exact) mass is 231 g/mol. The highest BCUT2D eigenvalue weighted by Gasteiger charge is 2.10. The van der Waals surface area contributed by atoms with Crippen molar-refractivity contribution in [3.63, 3.8) is 0 Å². The summed E-state index contributed by atoms with van der Waals surface area (Å²) in [7, 11) is 0. The molecule has 5 heteroatoms. The van der Waals surface area contributed by atoms with Gasteiger partial charge in [-0.1, -0.05) is 0 Å². The predicted molar refractivity (Wildman–Crippen MR) is 61.0 cm³/mol. The van der Waals surface area contributed by atoms with Crippen LogP contribution < -0.4 is 5.73 Å². The molecule has 78 valence electrons. The van der Waals surface area contributed by atoms with Crippen molar-refractivity contribution >= 4 is 29.1 Å². The number of aryl methyl sites for hydroxylation is 1. The molecule has 0 aromatic carbocycles. The average Bonchev–Trinajstić information content (AvgIpc) is 2.64. The fourth-order valence-corrected chi connectivity index (χ4v) is 2.55. The van der Waals surface area contributed by atoms with Crippen LogP contribution >= 0.6 is 23.1 Å². The van der Waals surface area contributed by atoms with Gasteiger partial charge in [0.05, 0.1) is 0 Å². The minimum absolute atomic E-state index is 0.486. The Balaban J connectivity index is 2.08. The van der Waals surface area contributed by atoms with Gasteiger partial charge >= 0.3 is 5.97 Å². The van der Waals surface area contributed by atoms with E-state index in [1.807, 2.05) is 5.38 Å². The van der Waals surface area contributed by atoms with E-state index in [0.717, 1.165) is 12.2 Å². The minimum atomic E-state index is -0.923. The largest absolute Gasteiger partial charge is 0.480 e. The number of hydrogen-bond acceptors (Lipinski definition) is 4. The molecular formula is C9H13NO2S2. The van der Waals surface area contributed by atoms with E-state index in [1.165, 1.54) is 5.56 Å². The Hall–Kier alpha value is -0.520. The molecule has 0 aliphatic heterocycles. The molecule has 14 heavy (non-hydrogen) atoms. The number of hydrogen-bond donors (Lipinski definition) is 2. The Labute approximate surface area is 91.3 Å². The van der Waals surface area contributed by atoms with Gasteiger partial charge in [0.2, 0.25) is 0 Å². The summed E-state index contributed by atoms with van der Waals surface area (Å²) < 4.78 is 0. The first-order chi connectivity index (χ1) is 6.70. The number of aliphatic carboxylic acids is 1. The van der Waals surface area contributed by atoms with Gasteiger partial charge in [0.1, 0.15) is 6.04 Å². The second-order valence-electron chi connectivity index (χ2n) is 2.90. The molecule has 3 N–H and O–H groups in total. The lowest BCUT2D eigenvalue weighted by Crippen LogP contribution is -2.32. The maximum absolute atomic E-state index is 10.4. The van der Waals surface area contributed by atoms with Crippen molar-refractivity contribution in [3.05, 3.63) is 22.4 Å². The van der Waals surface area contributed by atoms with Crippen LogP contribution in [0.3, 0.4) is 0 Å². The lowest BCUT2D eigenvalue weighted by atomic mass is 10.3. The van der Waals surface area contributed by atoms with Gasteiger partial charge in [0.25, 0.3) is 0 Å². The van der Waals surface area contributed by atoms with Crippen LogP contribution in [-0.4, -0.2) is 28.6 Å². The molecule has 3 nitrogen and oxygen atoms in total. The zero-order valence-electron chi connectivity index (χ0n) is 7.68. The van der Waals surface area contributed by atoms with Crippen molar-refractivity contribution in [2.75, 3.05) is 11.5 Å². The van der Waals surface area contributed by atoms with Gasteiger partial charge in [-0.25, -0.2) is 0 Å². The van der Waals surface area contributed by atoms with Crippen LogP contribution in [0.15, 0.2) is 16.8 Å². The van der Waals surface area contributed by atoms with Gasteiger partial charge < -0.3 is 10.8 Å². The van der Waals surface area contributed by atoms with E-state index in [-0.39, 0.29) is 0 Å². The molecule has 1 aromatic rings. The molecule has 0 aliphatic carbocycles. The zero-order valence-corrected chi connectivity index (χ0v) is 9.31. The molecular weight excluding hydrogens is 218 g/mol. The maximum Gasteiger partial charge on any atom is 0.321 e. The van der Waals surface area contributed by atoms with Crippen molar-refractivity contribution in [3.8, 4) is 0 Å². The Bertz CT molecular complexity index is 274. The molecule has 0 bridgehead atoms. The number of thioether (sulfide) groups is 1. The molecule has 0 saturated carbocycles. The number of carboxylic acid groups (broad SMARTS) is 1. The second kappa shape index (κ2) is 6.06. The smallest absolute Gasteiger partial charge is 0.321 e. The second-order valence-corrected chi connectivity index (χ2v) is 4.83. The summed E-state index contributed by atoms with van der Waals surface area (Å²) in [6, 6.07) is 1.35. The van der Waals surface area contributed by atoms with Crippen LogP contribution in [0, 0.1) is 0 Å². The van der Waals surface area contributed by atoms with E-state index in [9.17, 15) is 4.79 Å². The molecule has 0 amide bonds. The van der Waals surface area contributed by atoms with E-state index in [4.69, 9.17) is 10.8 Å². The summed E-state index contributed by atoms with van der Waals surface area (Å²) in [5, 5.41) is 12.7. The highest BCUT2D eigenvalue weighted by molar-refractivity contribution is 7.99. The van der Waals surface area contributed by atoms with Gasteiger partial charge in [-0.2, -0.15) is 23.1 Å². The Morgan fingerprint density at radius 3 is 3.07 bits per heavy atom. The summed E-state index contributed by atoms with van der Waals surface area (Å²) in [6.07, 6.45) is 0.987. The Morgan fingerprint density at radius 2 is 2.50 bits per heavy atom. The molecule has 1 unspecified atom stereocenters. The van der Waals surface area contributed by atoms with E-state index in [2.05, 4.69) is 11.4 Å². The van der Waals surface area contributed by atoms with Gasteiger partial charge in [0, 0.05) is 5.75 Å². The topological polar surface area (TPSA) is 63.3 Å². The van der Waals surface area contributed by atoms with Crippen LogP contribution in [0.25, 0.3) is 0 Å². The van der Waals surface area contributed by atoms with E-state index in [1.54, 1.807) is 23.1 Å². The van der Waals surface area contributed by atoms with Gasteiger partial charge in [0.15, 0.2) is 0 Å². The highest BCUT2D eigenvalue weighted by Crippen LogP contribution is 2.10. The van der Waals surface area contributed by atoms with Crippen LogP contribution in [0.5, 0.6) is 0 Å². The molecule has 0 fully saturated rings. The Kier molecular flexibility index (Phi) is 5.00. The standard InChI is InChI=1S/C9H13NO2S2/c10-8(9(11)12)6-14-4-2-7-1-3-13-5-7/h1,3,5,8H,2,4,6,10H2,(H,11,12). The molecule has 0 radical (unpaired) electrons. The third-order valence-corrected chi connectivity index (χ3v) is 3.55. The summed E-state index contributed by atoms with van der Waals surface area (Å²) >= 11 is 3.27.